The lowest BCUT2D eigenvalue weighted by Gasteiger charge is -2.07. The average Bonchev–Trinajstić information content (AvgIpc) is 3.10. The monoisotopic (exact) mass is 224 g/mol. The molecular weight excluding hydrogens is 208 g/mol. The molecule has 1 nitrogen and oxygen atoms in total. The largest absolute Gasteiger partial charge is 0.497 e. The average molecular weight is 225 g/mol. The molecule has 0 bridgehead atoms. The Bertz CT molecular complexity index is 303. The van der Waals surface area contributed by atoms with Crippen LogP contribution in [0.1, 0.15) is 24.8 Å². The van der Waals surface area contributed by atoms with E-state index in [1.165, 1.54) is 18.4 Å². The second-order valence-electron chi connectivity index (χ2n) is 4.24. The summed E-state index contributed by atoms with van der Waals surface area (Å²) < 4.78 is 5.12. The molecule has 1 atom stereocenters. The Morgan fingerprint density at radius 2 is 2.00 bits per heavy atom. The molecule has 0 aliphatic heterocycles. The molecule has 0 amide bonds. The van der Waals surface area contributed by atoms with Gasteiger partial charge in [-0.05, 0) is 49.3 Å². The Labute approximate surface area is 96.4 Å². The fourth-order valence-corrected chi connectivity index (χ4v) is 2.15. The van der Waals surface area contributed by atoms with E-state index in [0.717, 1.165) is 24.5 Å². The van der Waals surface area contributed by atoms with Gasteiger partial charge in [-0.15, -0.1) is 11.6 Å². The van der Waals surface area contributed by atoms with Gasteiger partial charge in [0.25, 0.3) is 0 Å². The Morgan fingerprint density at radius 3 is 2.53 bits per heavy atom. The molecule has 82 valence electrons. The highest BCUT2D eigenvalue weighted by Gasteiger charge is 2.28. The van der Waals surface area contributed by atoms with Gasteiger partial charge >= 0.3 is 0 Å². The summed E-state index contributed by atoms with van der Waals surface area (Å²) in [5.41, 5.74) is 1.35. The highest BCUT2D eigenvalue weighted by molar-refractivity contribution is 6.20. The van der Waals surface area contributed by atoms with Gasteiger partial charge in [-0.3, -0.25) is 0 Å². The lowest BCUT2D eigenvalue weighted by Crippen LogP contribution is -2.02. The van der Waals surface area contributed by atoms with E-state index in [0.29, 0.717) is 5.38 Å². The van der Waals surface area contributed by atoms with Gasteiger partial charge in [-0.1, -0.05) is 12.1 Å². The van der Waals surface area contributed by atoms with E-state index < -0.39 is 0 Å². The standard InChI is InChI=1S/C13H17ClO/c1-15-12-7-2-10(3-8-12)4-9-13(14)11-5-6-11/h2-3,7-8,11,13H,4-6,9H2,1H3. The summed E-state index contributed by atoms with van der Waals surface area (Å²) in [6, 6.07) is 8.26. The van der Waals surface area contributed by atoms with Crippen LogP contribution in [0, 0.1) is 5.92 Å². The number of aryl methyl sites for hydroxylation is 1. The van der Waals surface area contributed by atoms with Crippen LogP contribution in [0.4, 0.5) is 0 Å². The highest BCUT2D eigenvalue weighted by Crippen LogP contribution is 2.37. The number of hydrogen-bond acceptors (Lipinski definition) is 1. The molecule has 0 spiro atoms. The van der Waals surface area contributed by atoms with Crippen LogP contribution in [0.15, 0.2) is 24.3 Å². The predicted molar refractivity (Wildman–Crippen MR) is 63.7 cm³/mol. The summed E-state index contributed by atoms with van der Waals surface area (Å²) in [5, 5.41) is 0.382. The Morgan fingerprint density at radius 1 is 1.33 bits per heavy atom. The molecule has 1 unspecified atom stereocenters. The minimum atomic E-state index is 0.382. The molecular formula is C13H17ClO. The normalized spacial score (nSPS) is 17.5. The number of benzene rings is 1. The molecule has 1 aliphatic rings. The van der Waals surface area contributed by atoms with Crippen LogP contribution in [-0.4, -0.2) is 12.5 Å². The number of methoxy groups -OCH3 is 1. The quantitative estimate of drug-likeness (QED) is 0.694. The first-order valence-electron chi connectivity index (χ1n) is 5.56. The zero-order chi connectivity index (χ0) is 10.7. The van der Waals surface area contributed by atoms with Crippen molar-refractivity contribution in [2.75, 3.05) is 7.11 Å². The number of hydrogen-bond donors (Lipinski definition) is 0. The van der Waals surface area contributed by atoms with Gasteiger partial charge < -0.3 is 4.74 Å². The Hall–Kier alpha value is -0.690. The molecule has 0 radical (unpaired) electrons. The third kappa shape index (κ3) is 3.13. The second-order valence-corrected chi connectivity index (χ2v) is 4.80. The van der Waals surface area contributed by atoms with Crippen molar-refractivity contribution in [3.63, 3.8) is 0 Å². The number of rotatable bonds is 5. The van der Waals surface area contributed by atoms with Gasteiger partial charge in [0.15, 0.2) is 0 Å². The lowest BCUT2D eigenvalue weighted by molar-refractivity contribution is 0.414. The summed E-state index contributed by atoms with van der Waals surface area (Å²) in [7, 11) is 1.69. The molecule has 0 aromatic heterocycles. The zero-order valence-electron chi connectivity index (χ0n) is 9.08. The van der Waals surface area contributed by atoms with Crippen LogP contribution >= 0.6 is 11.6 Å². The molecule has 2 rings (SSSR count). The lowest BCUT2D eigenvalue weighted by atomic mass is 10.1. The van der Waals surface area contributed by atoms with Crippen LogP contribution in [0.5, 0.6) is 5.75 Å². The molecule has 1 saturated carbocycles. The van der Waals surface area contributed by atoms with Crippen LogP contribution in [0.2, 0.25) is 0 Å². The summed E-state index contributed by atoms with van der Waals surface area (Å²) in [6.07, 6.45) is 4.83. The SMILES string of the molecule is COc1ccc(CCC(Cl)C2CC2)cc1. The van der Waals surface area contributed by atoms with Crippen LogP contribution in [0.3, 0.4) is 0 Å². The van der Waals surface area contributed by atoms with E-state index in [2.05, 4.69) is 12.1 Å². The first kappa shape index (κ1) is 10.8. The van der Waals surface area contributed by atoms with Crippen LogP contribution in [-0.2, 0) is 6.42 Å². The maximum atomic E-state index is 6.26. The van der Waals surface area contributed by atoms with E-state index in [-0.39, 0.29) is 0 Å². The van der Waals surface area contributed by atoms with Gasteiger partial charge in [0.2, 0.25) is 0 Å². The van der Waals surface area contributed by atoms with E-state index in [1.54, 1.807) is 7.11 Å². The van der Waals surface area contributed by atoms with E-state index in [9.17, 15) is 0 Å². The van der Waals surface area contributed by atoms with Crippen molar-refractivity contribution in [2.24, 2.45) is 5.92 Å². The molecule has 1 aliphatic carbocycles. The number of alkyl halides is 1. The number of halogens is 1. The van der Waals surface area contributed by atoms with Crippen LogP contribution < -0.4 is 4.74 Å². The van der Waals surface area contributed by atoms with E-state index in [4.69, 9.17) is 16.3 Å². The molecule has 0 N–H and O–H groups in total. The maximum Gasteiger partial charge on any atom is 0.118 e. The third-order valence-electron chi connectivity index (χ3n) is 3.00. The van der Waals surface area contributed by atoms with Crippen LogP contribution in [0.25, 0.3) is 0 Å². The first-order valence-corrected chi connectivity index (χ1v) is 6.00. The fraction of sp³-hybridized carbons (Fsp3) is 0.538. The Kier molecular flexibility index (Phi) is 3.53. The predicted octanol–water partition coefficient (Wildman–Crippen LogP) is 3.65. The van der Waals surface area contributed by atoms with Crippen molar-refractivity contribution in [3.05, 3.63) is 29.8 Å². The molecule has 1 aromatic carbocycles. The molecule has 15 heavy (non-hydrogen) atoms. The van der Waals surface area contributed by atoms with Gasteiger partial charge in [-0.25, -0.2) is 0 Å². The topological polar surface area (TPSA) is 9.23 Å². The van der Waals surface area contributed by atoms with Crippen molar-refractivity contribution < 1.29 is 4.74 Å². The molecule has 0 heterocycles. The molecule has 0 saturated heterocycles. The third-order valence-corrected chi connectivity index (χ3v) is 3.58. The van der Waals surface area contributed by atoms with Gasteiger partial charge in [0, 0.05) is 5.38 Å². The van der Waals surface area contributed by atoms with Gasteiger partial charge in [0.05, 0.1) is 7.11 Å². The van der Waals surface area contributed by atoms with Gasteiger partial charge in [0.1, 0.15) is 5.75 Å². The summed E-state index contributed by atoms with van der Waals surface area (Å²) >= 11 is 6.26. The smallest absolute Gasteiger partial charge is 0.118 e. The highest BCUT2D eigenvalue weighted by atomic mass is 35.5. The zero-order valence-corrected chi connectivity index (χ0v) is 9.83. The van der Waals surface area contributed by atoms with E-state index >= 15 is 0 Å². The molecule has 2 heteroatoms. The van der Waals surface area contributed by atoms with Crippen molar-refractivity contribution in [1.29, 1.82) is 0 Å². The van der Waals surface area contributed by atoms with Crippen molar-refractivity contribution in [1.82, 2.24) is 0 Å². The second kappa shape index (κ2) is 4.89. The first-order chi connectivity index (χ1) is 7.29. The minimum Gasteiger partial charge on any atom is -0.497 e. The van der Waals surface area contributed by atoms with Crippen molar-refractivity contribution in [2.45, 2.75) is 31.1 Å². The van der Waals surface area contributed by atoms with E-state index in [1.807, 2.05) is 12.1 Å². The van der Waals surface area contributed by atoms with Gasteiger partial charge in [-0.2, -0.15) is 0 Å². The maximum absolute atomic E-state index is 6.26. The molecule has 1 aromatic rings. The number of ether oxygens (including phenoxy) is 1. The Balaban J connectivity index is 1.81. The molecule has 1 fully saturated rings. The van der Waals surface area contributed by atoms with Crippen molar-refractivity contribution in [3.8, 4) is 5.75 Å². The summed E-state index contributed by atoms with van der Waals surface area (Å²) in [4.78, 5) is 0. The van der Waals surface area contributed by atoms with Crippen molar-refractivity contribution >= 4 is 11.6 Å². The fourth-order valence-electron chi connectivity index (χ4n) is 1.79. The summed E-state index contributed by atoms with van der Waals surface area (Å²) in [6.45, 7) is 0. The minimum absolute atomic E-state index is 0.382. The summed E-state index contributed by atoms with van der Waals surface area (Å²) in [5.74, 6) is 1.72.